The van der Waals surface area contributed by atoms with Crippen molar-refractivity contribution < 1.29 is 0 Å². The van der Waals surface area contributed by atoms with Crippen LogP contribution in [0.2, 0.25) is 0 Å². The molecule has 0 unspecified atom stereocenters. The molecule has 0 aliphatic carbocycles. The average Bonchev–Trinajstić information content (AvgIpc) is 1.66. The van der Waals surface area contributed by atoms with Crippen LogP contribution in [0.4, 0.5) is 0 Å². The Kier molecular flexibility index (Phi) is 3.76. The molecule has 0 aromatic carbocycles. The van der Waals surface area contributed by atoms with Crippen LogP contribution >= 0.6 is 0 Å². The SMILES string of the molecule is C/C=C\N/C=C(/C)N. The summed E-state index contributed by atoms with van der Waals surface area (Å²) in [6.07, 6.45) is 5.45. The molecule has 3 N–H and O–H groups in total. The van der Waals surface area contributed by atoms with Crippen LogP contribution in [0.1, 0.15) is 13.8 Å². The van der Waals surface area contributed by atoms with Gasteiger partial charge < -0.3 is 11.1 Å². The van der Waals surface area contributed by atoms with Gasteiger partial charge in [0.25, 0.3) is 0 Å². The predicted octanol–water partition coefficient (Wildman–Crippen LogP) is 0.930. The van der Waals surface area contributed by atoms with Gasteiger partial charge in [-0.1, -0.05) is 6.08 Å². The van der Waals surface area contributed by atoms with Crippen molar-refractivity contribution in [1.29, 1.82) is 0 Å². The van der Waals surface area contributed by atoms with Crippen LogP contribution in [0.3, 0.4) is 0 Å². The van der Waals surface area contributed by atoms with Crippen LogP contribution in [0.25, 0.3) is 0 Å². The first kappa shape index (κ1) is 7.08. The van der Waals surface area contributed by atoms with Gasteiger partial charge in [0.2, 0.25) is 0 Å². The van der Waals surface area contributed by atoms with Crippen LogP contribution in [0.15, 0.2) is 24.2 Å². The Labute approximate surface area is 50.1 Å². The molecule has 0 amide bonds. The van der Waals surface area contributed by atoms with Crippen molar-refractivity contribution in [1.82, 2.24) is 5.32 Å². The highest BCUT2D eigenvalue weighted by atomic mass is 14.8. The summed E-state index contributed by atoms with van der Waals surface area (Å²) in [5, 5.41) is 2.87. The van der Waals surface area contributed by atoms with E-state index in [1.807, 2.05) is 26.1 Å². The maximum atomic E-state index is 5.30. The molecule has 0 heterocycles. The maximum absolute atomic E-state index is 5.30. The molecular formula is C6H12N2. The normalized spacial score (nSPS) is 12.5. The third-order valence-corrected chi connectivity index (χ3v) is 0.574. The fourth-order valence-corrected chi connectivity index (χ4v) is 0.276. The Balaban J connectivity index is 3.30. The average molecular weight is 112 g/mol. The zero-order chi connectivity index (χ0) is 6.41. The van der Waals surface area contributed by atoms with Crippen LogP contribution in [0, 0.1) is 0 Å². The molecule has 2 heteroatoms. The highest BCUT2D eigenvalue weighted by Crippen LogP contribution is 1.73. The minimum Gasteiger partial charge on any atom is -0.401 e. The van der Waals surface area contributed by atoms with Crippen molar-refractivity contribution in [2.24, 2.45) is 5.73 Å². The van der Waals surface area contributed by atoms with E-state index in [0.717, 1.165) is 5.70 Å². The first-order chi connectivity index (χ1) is 3.77. The summed E-state index contributed by atoms with van der Waals surface area (Å²) < 4.78 is 0. The molecule has 8 heavy (non-hydrogen) atoms. The molecule has 0 aliphatic heterocycles. The van der Waals surface area contributed by atoms with Crippen LogP contribution < -0.4 is 11.1 Å². The topological polar surface area (TPSA) is 38.0 Å². The van der Waals surface area contributed by atoms with Gasteiger partial charge in [-0.05, 0) is 20.0 Å². The van der Waals surface area contributed by atoms with Crippen molar-refractivity contribution >= 4 is 0 Å². The Bertz CT molecular complexity index is 99.1. The predicted molar refractivity (Wildman–Crippen MR) is 35.9 cm³/mol. The fourth-order valence-electron chi connectivity index (χ4n) is 0.276. The van der Waals surface area contributed by atoms with Crippen LogP contribution in [-0.2, 0) is 0 Å². The molecule has 0 fully saturated rings. The molecule has 0 atom stereocenters. The Morgan fingerprint density at radius 3 is 2.62 bits per heavy atom. The molecule has 0 aromatic heterocycles. The van der Waals surface area contributed by atoms with Crippen molar-refractivity contribution in [3.63, 3.8) is 0 Å². The monoisotopic (exact) mass is 112 g/mol. The van der Waals surface area contributed by atoms with Crippen LogP contribution in [-0.4, -0.2) is 0 Å². The Hall–Kier alpha value is -0.920. The summed E-state index contributed by atoms with van der Waals surface area (Å²) in [7, 11) is 0. The van der Waals surface area contributed by atoms with Gasteiger partial charge >= 0.3 is 0 Å². The highest BCUT2D eigenvalue weighted by Gasteiger charge is 1.68. The minimum absolute atomic E-state index is 0.781. The molecule has 0 saturated heterocycles. The van der Waals surface area contributed by atoms with E-state index in [-0.39, 0.29) is 0 Å². The maximum Gasteiger partial charge on any atom is 0.0212 e. The summed E-state index contributed by atoms with van der Waals surface area (Å²) in [6, 6.07) is 0. The molecule has 0 aromatic rings. The lowest BCUT2D eigenvalue weighted by Gasteiger charge is -1.88. The van der Waals surface area contributed by atoms with E-state index in [9.17, 15) is 0 Å². The van der Waals surface area contributed by atoms with Gasteiger partial charge in [-0.2, -0.15) is 0 Å². The Morgan fingerprint density at radius 2 is 2.25 bits per heavy atom. The molecule has 0 radical (unpaired) electrons. The quantitative estimate of drug-likeness (QED) is 0.557. The lowest BCUT2D eigenvalue weighted by Crippen LogP contribution is -1.99. The zero-order valence-electron chi connectivity index (χ0n) is 5.31. The van der Waals surface area contributed by atoms with E-state index in [1.54, 1.807) is 6.20 Å². The number of rotatable bonds is 2. The molecule has 0 bridgehead atoms. The van der Waals surface area contributed by atoms with Gasteiger partial charge in [0, 0.05) is 11.9 Å². The number of nitrogens with two attached hydrogens (primary N) is 1. The summed E-state index contributed by atoms with van der Waals surface area (Å²) in [5.41, 5.74) is 6.08. The molecule has 0 aliphatic rings. The first-order valence-corrected chi connectivity index (χ1v) is 2.57. The van der Waals surface area contributed by atoms with Crippen molar-refractivity contribution in [3.8, 4) is 0 Å². The number of nitrogens with one attached hydrogen (secondary N) is 1. The lowest BCUT2D eigenvalue weighted by molar-refractivity contribution is 1.12. The Morgan fingerprint density at radius 1 is 1.62 bits per heavy atom. The fraction of sp³-hybridized carbons (Fsp3) is 0.333. The number of hydrogen-bond acceptors (Lipinski definition) is 2. The number of hydrogen-bond donors (Lipinski definition) is 2. The molecule has 2 nitrogen and oxygen atoms in total. The van der Waals surface area contributed by atoms with Crippen molar-refractivity contribution in [2.75, 3.05) is 0 Å². The molecule has 46 valence electrons. The standard InChI is InChI=1S/C6H12N2/c1-3-4-8-5-6(2)7/h3-5,8H,7H2,1-2H3/b4-3-,6-5-. The summed E-state index contributed by atoms with van der Waals surface area (Å²) >= 11 is 0. The van der Waals surface area contributed by atoms with Gasteiger partial charge in [0.1, 0.15) is 0 Å². The van der Waals surface area contributed by atoms with Crippen LogP contribution in [0.5, 0.6) is 0 Å². The van der Waals surface area contributed by atoms with Gasteiger partial charge in [-0.25, -0.2) is 0 Å². The molecule has 0 spiro atoms. The van der Waals surface area contributed by atoms with E-state index in [1.165, 1.54) is 0 Å². The molecule has 0 rings (SSSR count). The zero-order valence-corrected chi connectivity index (χ0v) is 5.31. The van der Waals surface area contributed by atoms with E-state index in [4.69, 9.17) is 5.73 Å². The van der Waals surface area contributed by atoms with E-state index < -0.39 is 0 Å². The minimum atomic E-state index is 0.781. The van der Waals surface area contributed by atoms with Gasteiger partial charge in [-0.3, -0.25) is 0 Å². The summed E-state index contributed by atoms with van der Waals surface area (Å²) in [4.78, 5) is 0. The summed E-state index contributed by atoms with van der Waals surface area (Å²) in [5.74, 6) is 0. The molecular weight excluding hydrogens is 100 g/mol. The first-order valence-electron chi connectivity index (χ1n) is 2.57. The smallest absolute Gasteiger partial charge is 0.0212 e. The van der Waals surface area contributed by atoms with E-state index >= 15 is 0 Å². The van der Waals surface area contributed by atoms with E-state index in [0.29, 0.717) is 0 Å². The third kappa shape index (κ3) is 5.08. The third-order valence-electron chi connectivity index (χ3n) is 0.574. The van der Waals surface area contributed by atoms with Crippen molar-refractivity contribution in [3.05, 3.63) is 24.2 Å². The van der Waals surface area contributed by atoms with Crippen molar-refractivity contribution in [2.45, 2.75) is 13.8 Å². The summed E-state index contributed by atoms with van der Waals surface area (Å²) in [6.45, 7) is 3.77. The van der Waals surface area contributed by atoms with Gasteiger partial charge in [0.15, 0.2) is 0 Å². The highest BCUT2D eigenvalue weighted by molar-refractivity contribution is 4.93. The number of allylic oxidation sites excluding steroid dienone is 2. The van der Waals surface area contributed by atoms with E-state index in [2.05, 4.69) is 5.32 Å². The second-order valence-electron chi connectivity index (χ2n) is 1.56. The second-order valence-corrected chi connectivity index (χ2v) is 1.56. The lowest BCUT2D eigenvalue weighted by atomic mass is 10.5. The second kappa shape index (κ2) is 4.24. The largest absolute Gasteiger partial charge is 0.401 e. The molecule has 0 saturated carbocycles. The van der Waals surface area contributed by atoms with Gasteiger partial charge in [-0.15, -0.1) is 0 Å². The van der Waals surface area contributed by atoms with Gasteiger partial charge in [0.05, 0.1) is 0 Å².